The number of carbonyl (C=O) groups excluding carboxylic acids is 2. The maximum Gasteiger partial charge on any atom is 0.242 e. The van der Waals surface area contributed by atoms with E-state index in [9.17, 15) is 14.7 Å². The predicted molar refractivity (Wildman–Crippen MR) is 91.6 cm³/mol. The zero-order chi connectivity index (χ0) is 17.3. The molecule has 1 aliphatic rings. The first-order valence-electron chi connectivity index (χ1n) is 7.96. The largest absolute Gasteiger partial charge is 0.389 e. The second-order valence-electron chi connectivity index (χ2n) is 6.22. The molecule has 0 bridgehead atoms. The fourth-order valence-corrected chi connectivity index (χ4v) is 2.91. The molecule has 1 aromatic heterocycles. The van der Waals surface area contributed by atoms with Gasteiger partial charge >= 0.3 is 0 Å². The van der Waals surface area contributed by atoms with Crippen molar-refractivity contribution in [1.82, 2.24) is 14.8 Å². The number of hydrogen-bond acceptors (Lipinski definition) is 4. The molecule has 1 aliphatic heterocycles. The van der Waals surface area contributed by atoms with Gasteiger partial charge in [0, 0.05) is 49.3 Å². The molecule has 2 heterocycles. The predicted octanol–water partition coefficient (Wildman–Crippen LogP) is 0.522. The van der Waals surface area contributed by atoms with Crippen LogP contribution in [0.1, 0.15) is 12.6 Å². The van der Waals surface area contributed by atoms with E-state index in [1.54, 1.807) is 4.90 Å². The van der Waals surface area contributed by atoms with Gasteiger partial charge in [-0.15, -0.1) is 0 Å². The number of aromatic nitrogens is 1. The van der Waals surface area contributed by atoms with Gasteiger partial charge in [-0.25, -0.2) is 0 Å². The average molecular weight is 330 g/mol. The van der Waals surface area contributed by atoms with Crippen LogP contribution in [0.2, 0.25) is 0 Å². The molecule has 0 saturated carbocycles. The van der Waals surface area contributed by atoms with Crippen LogP contribution in [0.25, 0.3) is 10.9 Å². The Hall–Kier alpha value is -2.54. The molecule has 3 N–H and O–H groups in total. The number of benzene rings is 1. The maximum absolute atomic E-state index is 11.9. The lowest BCUT2D eigenvalue weighted by molar-refractivity contribution is -0.132. The Morgan fingerprint density at radius 2 is 2.08 bits per heavy atom. The van der Waals surface area contributed by atoms with Crippen LogP contribution >= 0.6 is 0 Å². The summed E-state index contributed by atoms with van der Waals surface area (Å²) in [5.41, 5.74) is 3.05. The SMILES string of the molecule is CC(=O)NC[C@H](O)CNc1ccc2c(c1)cc1n2CC(=O)N(C)C1. The molecule has 7 nitrogen and oxygen atoms in total. The fraction of sp³-hybridized carbons (Fsp3) is 0.412. The van der Waals surface area contributed by atoms with Crippen molar-refractivity contribution in [3.05, 3.63) is 30.0 Å². The van der Waals surface area contributed by atoms with Crippen LogP contribution in [0.3, 0.4) is 0 Å². The van der Waals surface area contributed by atoms with E-state index in [2.05, 4.69) is 16.7 Å². The Morgan fingerprint density at radius 3 is 2.83 bits per heavy atom. The lowest BCUT2D eigenvalue weighted by Crippen LogP contribution is -2.35. The summed E-state index contributed by atoms with van der Waals surface area (Å²) in [6.45, 7) is 2.98. The molecule has 128 valence electrons. The van der Waals surface area contributed by atoms with Gasteiger partial charge in [-0.05, 0) is 24.3 Å². The van der Waals surface area contributed by atoms with E-state index in [4.69, 9.17) is 0 Å². The van der Waals surface area contributed by atoms with Crippen LogP contribution in [0.15, 0.2) is 24.3 Å². The van der Waals surface area contributed by atoms with E-state index in [1.807, 2.05) is 29.8 Å². The maximum atomic E-state index is 11.9. The summed E-state index contributed by atoms with van der Waals surface area (Å²) in [6.07, 6.45) is -0.655. The van der Waals surface area contributed by atoms with Crippen LogP contribution in [-0.2, 0) is 22.7 Å². The highest BCUT2D eigenvalue weighted by molar-refractivity contribution is 5.88. The summed E-state index contributed by atoms with van der Waals surface area (Å²) in [6, 6.07) is 8.02. The summed E-state index contributed by atoms with van der Waals surface area (Å²) < 4.78 is 2.05. The van der Waals surface area contributed by atoms with Crippen molar-refractivity contribution in [2.45, 2.75) is 26.1 Å². The Morgan fingerprint density at radius 1 is 1.29 bits per heavy atom. The van der Waals surface area contributed by atoms with Gasteiger partial charge < -0.3 is 25.2 Å². The Balaban J connectivity index is 1.71. The smallest absolute Gasteiger partial charge is 0.242 e. The molecular formula is C17H22N4O3. The van der Waals surface area contributed by atoms with Crippen molar-refractivity contribution in [2.24, 2.45) is 0 Å². The fourth-order valence-electron chi connectivity index (χ4n) is 2.91. The molecule has 7 heteroatoms. The first kappa shape index (κ1) is 16.3. The highest BCUT2D eigenvalue weighted by Gasteiger charge is 2.21. The topological polar surface area (TPSA) is 86.6 Å². The number of amides is 2. The number of nitrogens with one attached hydrogen (secondary N) is 2. The van der Waals surface area contributed by atoms with Gasteiger partial charge in [0.15, 0.2) is 0 Å². The molecule has 1 atom stereocenters. The molecular weight excluding hydrogens is 308 g/mol. The standard InChI is InChI=1S/C17H22N4O3/c1-11(22)18-7-15(23)8-19-13-3-4-16-12(5-13)6-14-9-20(2)17(24)10-21(14)16/h3-6,15,19,23H,7-10H2,1-2H3,(H,18,22)/t15-/m0/s1. The molecule has 0 fully saturated rings. The van der Waals surface area contributed by atoms with Crippen molar-refractivity contribution < 1.29 is 14.7 Å². The molecule has 24 heavy (non-hydrogen) atoms. The third kappa shape index (κ3) is 3.35. The number of likely N-dealkylation sites (N-methyl/N-ethyl adjacent to an activating group) is 1. The van der Waals surface area contributed by atoms with Crippen molar-refractivity contribution in [3.8, 4) is 0 Å². The zero-order valence-corrected chi connectivity index (χ0v) is 13.9. The normalized spacial score (nSPS) is 15.3. The van der Waals surface area contributed by atoms with E-state index in [0.29, 0.717) is 19.6 Å². The van der Waals surface area contributed by atoms with E-state index in [1.165, 1.54) is 6.92 Å². The van der Waals surface area contributed by atoms with Gasteiger partial charge in [-0.3, -0.25) is 9.59 Å². The summed E-state index contributed by atoms with van der Waals surface area (Å²) in [4.78, 5) is 24.5. The second-order valence-corrected chi connectivity index (χ2v) is 6.22. The molecule has 0 radical (unpaired) electrons. The highest BCUT2D eigenvalue weighted by atomic mass is 16.3. The van der Waals surface area contributed by atoms with E-state index < -0.39 is 6.10 Å². The molecule has 0 spiro atoms. The minimum atomic E-state index is -0.655. The zero-order valence-electron chi connectivity index (χ0n) is 13.9. The molecule has 2 aromatic rings. The van der Waals surface area contributed by atoms with Crippen LogP contribution in [-0.4, -0.2) is 52.6 Å². The Labute approximate surface area is 140 Å². The lowest BCUT2D eigenvalue weighted by Gasteiger charge is -2.25. The number of aliphatic hydroxyl groups excluding tert-OH is 1. The number of carbonyl (C=O) groups is 2. The number of nitrogens with zero attached hydrogens (tertiary/aromatic N) is 2. The monoisotopic (exact) mass is 330 g/mol. The Bertz CT molecular complexity index is 783. The average Bonchev–Trinajstić information content (AvgIpc) is 2.88. The number of rotatable bonds is 5. The summed E-state index contributed by atoms with van der Waals surface area (Å²) >= 11 is 0. The third-order valence-corrected chi connectivity index (χ3v) is 4.23. The molecule has 0 unspecified atom stereocenters. The molecule has 1 aromatic carbocycles. The van der Waals surface area contributed by atoms with Gasteiger partial charge in [-0.1, -0.05) is 0 Å². The number of aliphatic hydroxyl groups is 1. The first-order valence-corrected chi connectivity index (χ1v) is 7.96. The Kier molecular flexibility index (Phi) is 4.44. The van der Waals surface area contributed by atoms with Gasteiger partial charge in [-0.2, -0.15) is 0 Å². The van der Waals surface area contributed by atoms with E-state index >= 15 is 0 Å². The van der Waals surface area contributed by atoms with Gasteiger partial charge in [0.2, 0.25) is 11.8 Å². The summed E-state index contributed by atoms with van der Waals surface area (Å²) in [5.74, 6) is -0.0438. The minimum absolute atomic E-state index is 0.114. The lowest BCUT2D eigenvalue weighted by atomic mass is 10.2. The van der Waals surface area contributed by atoms with Gasteiger partial charge in [0.1, 0.15) is 6.54 Å². The molecule has 0 aliphatic carbocycles. The van der Waals surface area contributed by atoms with Gasteiger partial charge in [0.05, 0.1) is 12.6 Å². The molecule has 2 amide bonds. The second kappa shape index (κ2) is 6.52. The van der Waals surface area contributed by atoms with E-state index in [-0.39, 0.29) is 18.4 Å². The van der Waals surface area contributed by atoms with Crippen molar-refractivity contribution >= 4 is 28.4 Å². The van der Waals surface area contributed by atoms with Crippen LogP contribution in [0, 0.1) is 0 Å². The number of anilines is 1. The first-order chi connectivity index (χ1) is 11.4. The van der Waals surface area contributed by atoms with Crippen LogP contribution in [0.4, 0.5) is 5.69 Å². The molecule has 0 saturated heterocycles. The number of hydrogen-bond donors (Lipinski definition) is 3. The third-order valence-electron chi connectivity index (χ3n) is 4.23. The van der Waals surface area contributed by atoms with Crippen molar-refractivity contribution in [2.75, 3.05) is 25.5 Å². The minimum Gasteiger partial charge on any atom is -0.389 e. The van der Waals surface area contributed by atoms with Crippen LogP contribution in [0.5, 0.6) is 0 Å². The van der Waals surface area contributed by atoms with Gasteiger partial charge in [0.25, 0.3) is 0 Å². The van der Waals surface area contributed by atoms with Crippen LogP contribution < -0.4 is 10.6 Å². The molecule has 3 rings (SSSR count). The van der Waals surface area contributed by atoms with Crippen molar-refractivity contribution in [3.63, 3.8) is 0 Å². The summed E-state index contributed by atoms with van der Waals surface area (Å²) in [5, 5.41) is 16.7. The van der Waals surface area contributed by atoms with Crippen molar-refractivity contribution in [1.29, 1.82) is 0 Å². The summed E-state index contributed by atoms with van der Waals surface area (Å²) in [7, 11) is 1.81. The number of fused-ring (bicyclic) bond motifs is 3. The van der Waals surface area contributed by atoms with E-state index in [0.717, 1.165) is 22.3 Å². The highest BCUT2D eigenvalue weighted by Crippen LogP contribution is 2.26. The quantitative estimate of drug-likeness (QED) is 0.746.